The number of rotatable bonds is 6. The van der Waals surface area contributed by atoms with Gasteiger partial charge in [0.05, 0.1) is 16.0 Å². The Hall–Kier alpha value is -2.92. The number of benzene rings is 2. The first-order valence-electron chi connectivity index (χ1n) is 8.32. The summed E-state index contributed by atoms with van der Waals surface area (Å²) in [6, 6.07) is 6.60. The van der Waals surface area contributed by atoms with E-state index in [2.05, 4.69) is 10.5 Å². The van der Waals surface area contributed by atoms with Crippen LogP contribution >= 0.6 is 0 Å². The van der Waals surface area contributed by atoms with Gasteiger partial charge in [0.15, 0.2) is 11.6 Å². The van der Waals surface area contributed by atoms with Crippen molar-refractivity contribution in [1.29, 1.82) is 0 Å². The summed E-state index contributed by atoms with van der Waals surface area (Å²) < 4.78 is 52.5. The van der Waals surface area contributed by atoms with Gasteiger partial charge >= 0.3 is 0 Å². The lowest BCUT2D eigenvalue weighted by molar-refractivity contribution is -0.384. The van der Waals surface area contributed by atoms with Gasteiger partial charge in [-0.3, -0.25) is 15.5 Å². The summed E-state index contributed by atoms with van der Waals surface area (Å²) in [6.07, 6.45) is 2.65. The van der Waals surface area contributed by atoms with Gasteiger partial charge in [-0.25, -0.2) is 17.2 Å². The van der Waals surface area contributed by atoms with Crippen LogP contribution in [0.15, 0.2) is 46.4 Å². The molecule has 0 saturated carbocycles. The number of halogens is 2. The molecule has 0 bridgehead atoms. The summed E-state index contributed by atoms with van der Waals surface area (Å²) in [5.74, 6) is -2.05. The predicted molar refractivity (Wildman–Crippen MR) is 98.7 cm³/mol. The highest BCUT2D eigenvalue weighted by Crippen LogP contribution is 2.30. The Morgan fingerprint density at radius 2 is 1.82 bits per heavy atom. The first-order valence-corrected chi connectivity index (χ1v) is 9.76. The Bertz CT molecular complexity index is 1040. The molecule has 2 aromatic rings. The monoisotopic (exact) mass is 410 g/mol. The fraction of sp³-hybridized carbons (Fsp3) is 0.235. The van der Waals surface area contributed by atoms with Gasteiger partial charge in [0.25, 0.3) is 5.69 Å². The summed E-state index contributed by atoms with van der Waals surface area (Å²) in [4.78, 5) is 10.5. The zero-order valence-corrected chi connectivity index (χ0v) is 15.3. The molecule has 0 amide bonds. The SMILES string of the molecule is O=[N+]([O-])c1cc(S(=O)(=O)N2CCCC2)ccc1N/N=C\c1ccc(F)c(F)c1. The van der Waals surface area contributed by atoms with Crippen molar-refractivity contribution in [3.8, 4) is 0 Å². The van der Waals surface area contributed by atoms with Gasteiger partial charge in [-0.05, 0) is 42.7 Å². The molecule has 1 N–H and O–H groups in total. The molecule has 148 valence electrons. The third-order valence-corrected chi connectivity index (χ3v) is 6.11. The molecule has 28 heavy (non-hydrogen) atoms. The highest BCUT2D eigenvalue weighted by Gasteiger charge is 2.29. The number of hydrogen-bond donors (Lipinski definition) is 1. The van der Waals surface area contributed by atoms with Crippen molar-refractivity contribution in [2.45, 2.75) is 17.7 Å². The molecule has 3 rings (SSSR count). The van der Waals surface area contributed by atoms with Crippen LogP contribution in [0.3, 0.4) is 0 Å². The predicted octanol–water partition coefficient (Wildman–Crippen LogP) is 3.10. The Balaban J connectivity index is 1.84. The molecular formula is C17H16F2N4O4S. The standard InChI is InChI=1S/C17H16F2N4O4S/c18-14-5-3-12(9-15(14)19)11-20-21-16-6-4-13(10-17(16)23(24)25)28(26,27)22-7-1-2-8-22/h3-6,9-11,21H,1-2,7-8H2/b20-11-. The van der Waals surface area contributed by atoms with E-state index < -0.39 is 32.3 Å². The van der Waals surface area contributed by atoms with Crippen LogP contribution in [0, 0.1) is 21.7 Å². The number of nitro benzene ring substituents is 1. The lowest BCUT2D eigenvalue weighted by Gasteiger charge is -2.15. The molecule has 1 heterocycles. The van der Waals surface area contributed by atoms with E-state index in [0.29, 0.717) is 13.1 Å². The minimum absolute atomic E-state index is 0.0378. The maximum atomic E-state index is 13.2. The molecule has 1 saturated heterocycles. The van der Waals surface area contributed by atoms with Crippen LogP contribution in [-0.2, 0) is 10.0 Å². The largest absolute Gasteiger partial charge is 0.295 e. The van der Waals surface area contributed by atoms with E-state index in [0.717, 1.165) is 37.3 Å². The smallest absolute Gasteiger partial charge is 0.272 e. The van der Waals surface area contributed by atoms with Crippen LogP contribution in [0.25, 0.3) is 0 Å². The Morgan fingerprint density at radius 3 is 2.46 bits per heavy atom. The van der Waals surface area contributed by atoms with E-state index in [9.17, 15) is 27.3 Å². The summed E-state index contributed by atoms with van der Waals surface area (Å²) >= 11 is 0. The molecule has 11 heteroatoms. The quantitative estimate of drug-likeness (QED) is 0.448. The highest BCUT2D eigenvalue weighted by atomic mass is 32.2. The average Bonchev–Trinajstić information content (AvgIpc) is 3.20. The van der Waals surface area contributed by atoms with Crippen molar-refractivity contribution in [2.24, 2.45) is 5.10 Å². The molecule has 8 nitrogen and oxygen atoms in total. The molecule has 0 aliphatic carbocycles. The summed E-state index contributed by atoms with van der Waals surface area (Å²) in [6.45, 7) is 0.767. The van der Waals surface area contributed by atoms with Crippen molar-refractivity contribution < 1.29 is 22.1 Å². The minimum atomic E-state index is -3.80. The molecule has 0 atom stereocenters. The Labute approximate surface area is 159 Å². The zero-order valence-electron chi connectivity index (χ0n) is 14.5. The van der Waals surface area contributed by atoms with Crippen molar-refractivity contribution in [3.63, 3.8) is 0 Å². The van der Waals surface area contributed by atoms with Crippen molar-refractivity contribution in [3.05, 3.63) is 63.7 Å². The Kier molecular flexibility index (Phi) is 5.66. The number of nitrogens with one attached hydrogen (secondary N) is 1. The number of hydrogen-bond acceptors (Lipinski definition) is 6. The molecule has 0 unspecified atom stereocenters. The van der Waals surface area contributed by atoms with Gasteiger partial charge in [0, 0.05) is 19.2 Å². The van der Waals surface area contributed by atoms with E-state index in [1.807, 2.05) is 0 Å². The van der Waals surface area contributed by atoms with Gasteiger partial charge in [0.2, 0.25) is 10.0 Å². The zero-order chi connectivity index (χ0) is 20.3. The molecule has 0 spiro atoms. The number of anilines is 1. The maximum absolute atomic E-state index is 13.2. The van der Waals surface area contributed by atoms with Crippen LogP contribution in [0.4, 0.5) is 20.2 Å². The van der Waals surface area contributed by atoms with Gasteiger partial charge in [-0.15, -0.1) is 0 Å². The highest BCUT2D eigenvalue weighted by molar-refractivity contribution is 7.89. The molecule has 1 aliphatic heterocycles. The summed E-state index contributed by atoms with van der Waals surface area (Å²) in [7, 11) is -3.80. The van der Waals surface area contributed by atoms with Gasteiger partial charge < -0.3 is 0 Å². The first kappa shape index (κ1) is 19.8. The van der Waals surface area contributed by atoms with Gasteiger partial charge in [-0.2, -0.15) is 9.41 Å². The van der Waals surface area contributed by atoms with Crippen LogP contribution in [0.2, 0.25) is 0 Å². The second kappa shape index (κ2) is 7.98. The van der Waals surface area contributed by atoms with Crippen LogP contribution < -0.4 is 5.43 Å². The van der Waals surface area contributed by atoms with Gasteiger partial charge in [0.1, 0.15) is 5.69 Å². The molecule has 0 aromatic heterocycles. The van der Waals surface area contributed by atoms with E-state index >= 15 is 0 Å². The van der Waals surface area contributed by atoms with E-state index in [1.165, 1.54) is 22.5 Å². The fourth-order valence-electron chi connectivity index (χ4n) is 2.76. The van der Waals surface area contributed by atoms with Gasteiger partial charge in [-0.1, -0.05) is 6.07 Å². The van der Waals surface area contributed by atoms with Crippen LogP contribution in [-0.4, -0.2) is 37.0 Å². The normalized spacial score (nSPS) is 15.2. The first-order chi connectivity index (χ1) is 13.3. The molecule has 1 aliphatic rings. The average molecular weight is 410 g/mol. The van der Waals surface area contributed by atoms with E-state index in [-0.39, 0.29) is 16.1 Å². The summed E-state index contributed by atoms with van der Waals surface area (Å²) in [5, 5.41) is 15.1. The molecule has 0 radical (unpaired) electrons. The second-order valence-electron chi connectivity index (χ2n) is 6.09. The number of nitro groups is 1. The second-order valence-corrected chi connectivity index (χ2v) is 8.03. The lowest BCUT2D eigenvalue weighted by Crippen LogP contribution is -2.27. The van der Waals surface area contributed by atoms with Crippen LogP contribution in [0.5, 0.6) is 0 Å². The van der Waals surface area contributed by atoms with Crippen LogP contribution in [0.1, 0.15) is 18.4 Å². The van der Waals surface area contributed by atoms with E-state index in [4.69, 9.17) is 0 Å². The lowest BCUT2D eigenvalue weighted by atomic mass is 10.2. The minimum Gasteiger partial charge on any atom is -0.272 e. The fourth-order valence-corrected chi connectivity index (χ4v) is 4.30. The molecular weight excluding hydrogens is 394 g/mol. The van der Waals surface area contributed by atoms with E-state index in [1.54, 1.807) is 0 Å². The topological polar surface area (TPSA) is 105 Å². The Morgan fingerprint density at radius 1 is 1.11 bits per heavy atom. The number of nitrogens with zero attached hydrogens (tertiary/aromatic N) is 3. The molecule has 2 aromatic carbocycles. The van der Waals surface area contributed by atoms with Crippen molar-refractivity contribution in [2.75, 3.05) is 18.5 Å². The maximum Gasteiger partial charge on any atom is 0.295 e. The summed E-state index contributed by atoms with van der Waals surface area (Å²) in [5.41, 5.74) is 2.16. The molecule has 1 fully saturated rings. The third kappa shape index (κ3) is 4.15. The van der Waals surface area contributed by atoms with Crippen molar-refractivity contribution in [1.82, 2.24) is 4.31 Å². The number of sulfonamides is 1. The number of hydrazone groups is 1. The third-order valence-electron chi connectivity index (χ3n) is 4.21. The van der Waals surface area contributed by atoms with Crippen molar-refractivity contribution >= 4 is 27.6 Å².